The van der Waals surface area contributed by atoms with Gasteiger partial charge in [0.1, 0.15) is 6.04 Å². The Morgan fingerprint density at radius 3 is 2.55 bits per heavy atom. The number of carbonyl (C=O) groups is 3. The van der Waals surface area contributed by atoms with Gasteiger partial charge in [-0.15, -0.1) is 0 Å². The molecule has 118 valence electrons. The summed E-state index contributed by atoms with van der Waals surface area (Å²) < 4.78 is 0. The molecule has 1 aliphatic heterocycles. The fourth-order valence-electron chi connectivity index (χ4n) is 2.41. The number of rotatable bonds is 5. The summed E-state index contributed by atoms with van der Waals surface area (Å²) in [5, 5.41) is 10.3. The van der Waals surface area contributed by atoms with Gasteiger partial charge in [-0.1, -0.05) is 44.2 Å². The number of imide groups is 1. The number of amides is 3. The van der Waals surface area contributed by atoms with Gasteiger partial charge in [0, 0.05) is 6.42 Å². The van der Waals surface area contributed by atoms with Gasteiger partial charge in [-0.3, -0.25) is 24.5 Å². The fraction of sp³-hybridized carbons (Fsp3) is 0.438. The van der Waals surface area contributed by atoms with Gasteiger partial charge < -0.3 is 0 Å². The first kappa shape index (κ1) is 16.2. The molecule has 1 aliphatic rings. The lowest BCUT2D eigenvalue weighted by molar-refractivity contribution is -0.180. The normalized spacial score (nSPS) is 18.2. The van der Waals surface area contributed by atoms with Crippen molar-refractivity contribution in [2.75, 3.05) is 0 Å². The number of hydrogen-bond acceptors (Lipinski definition) is 4. The summed E-state index contributed by atoms with van der Waals surface area (Å²) >= 11 is 0. The average molecular weight is 304 g/mol. The Hall–Kier alpha value is -2.21. The fourth-order valence-corrected chi connectivity index (χ4v) is 2.41. The molecule has 0 bridgehead atoms. The summed E-state index contributed by atoms with van der Waals surface area (Å²) in [5.41, 5.74) is 0.822. The van der Waals surface area contributed by atoms with E-state index in [9.17, 15) is 19.6 Å². The van der Waals surface area contributed by atoms with Crippen molar-refractivity contribution in [3.63, 3.8) is 0 Å². The highest BCUT2D eigenvalue weighted by atomic mass is 16.5. The molecule has 0 spiro atoms. The van der Waals surface area contributed by atoms with Crippen LogP contribution in [-0.4, -0.2) is 38.9 Å². The molecule has 6 nitrogen and oxygen atoms in total. The van der Waals surface area contributed by atoms with E-state index in [2.05, 4.69) is 0 Å². The van der Waals surface area contributed by atoms with E-state index in [-0.39, 0.29) is 31.2 Å². The highest BCUT2D eigenvalue weighted by Gasteiger charge is 2.43. The van der Waals surface area contributed by atoms with E-state index in [1.807, 2.05) is 44.2 Å². The summed E-state index contributed by atoms with van der Waals surface area (Å²) in [6.07, 6.45) is -0.0425. The number of likely N-dealkylation sites (tertiary alicyclic amines) is 1. The second-order valence-corrected chi connectivity index (χ2v) is 5.86. The summed E-state index contributed by atoms with van der Waals surface area (Å²) in [6.45, 7) is 3.84. The largest absolute Gasteiger partial charge is 0.285 e. The van der Waals surface area contributed by atoms with E-state index in [4.69, 9.17) is 0 Å². The standard InChI is InChI=1S/C16H20N2O4/c1-11(2)8-15(20)18(22)13-9-14(19)17(16(13)21)10-12-6-4-3-5-7-12/h3-7,11,13,22H,8-10H2,1-2H3/t13-/m1/s1. The summed E-state index contributed by atoms with van der Waals surface area (Å²) in [5.74, 6) is -1.39. The molecule has 3 amide bonds. The monoisotopic (exact) mass is 304 g/mol. The van der Waals surface area contributed by atoms with Crippen LogP contribution in [-0.2, 0) is 20.9 Å². The minimum Gasteiger partial charge on any atom is -0.285 e. The molecule has 1 heterocycles. The molecule has 0 aliphatic carbocycles. The van der Waals surface area contributed by atoms with Crippen LogP contribution in [0.4, 0.5) is 0 Å². The molecule has 1 saturated heterocycles. The number of carbonyl (C=O) groups excluding carboxylic acids is 3. The lowest BCUT2D eigenvalue weighted by Crippen LogP contribution is -2.43. The van der Waals surface area contributed by atoms with Crippen LogP contribution in [0.5, 0.6) is 0 Å². The predicted octanol–water partition coefficient (Wildman–Crippen LogP) is 1.58. The van der Waals surface area contributed by atoms with E-state index in [0.29, 0.717) is 5.06 Å². The first-order valence-corrected chi connectivity index (χ1v) is 7.29. The Labute approximate surface area is 129 Å². The molecular weight excluding hydrogens is 284 g/mol. The van der Waals surface area contributed by atoms with Gasteiger partial charge in [-0.2, -0.15) is 0 Å². The second kappa shape index (κ2) is 6.70. The van der Waals surface area contributed by atoms with Crippen molar-refractivity contribution in [2.45, 2.75) is 39.3 Å². The van der Waals surface area contributed by atoms with Gasteiger partial charge in [-0.05, 0) is 11.5 Å². The average Bonchev–Trinajstić information content (AvgIpc) is 2.75. The van der Waals surface area contributed by atoms with E-state index in [1.54, 1.807) is 0 Å². The van der Waals surface area contributed by atoms with Crippen molar-refractivity contribution in [2.24, 2.45) is 5.92 Å². The number of hydroxylamine groups is 2. The van der Waals surface area contributed by atoms with Gasteiger partial charge in [-0.25, -0.2) is 5.06 Å². The van der Waals surface area contributed by atoms with Crippen molar-refractivity contribution in [1.82, 2.24) is 9.96 Å². The van der Waals surface area contributed by atoms with Gasteiger partial charge in [0.15, 0.2) is 0 Å². The quantitative estimate of drug-likeness (QED) is 0.509. The topological polar surface area (TPSA) is 77.9 Å². The summed E-state index contributed by atoms with van der Waals surface area (Å²) in [4.78, 5) is 37.2. The lowest BCUT2D eigenvalue weighted by Gasteiger charge is -2.21. The van der Waals surface area contributed by atoms with Gasteiger partial charge in [0.05, 0.1) is 13.0 Å². The van der Waals surface area contributed by atoms with Crippen LogP contribution in [0.3, 0.4) is 0 Å². The minimum atomic E-state index is -1.11. The van der Waals surface area contributed by atoms with E-state index in [0.717, 1.165) is 10.5 Å². The van der Waals surface area contributed by atoms with Crippen LogP contribution in [0.25, 0.3) is 0 Å². The summed E-state index contributed by atoms with van der Waals surface area (Å²) in [7, 11) is 0. The molecule has 1 aromatic carbocycles. The van der Waals surface area contributed by atoms with Crippen LogP contribution in [0.15, 0.2) is 30.3 Å². The van der Waals surface area contributed by atoms with E-state index >= 15 is 0 Å². The molecule has 1 fully saturated rings. The van der Waals surface area contributed by atoms with Crippen molar-refractivity contribution in [3.8, 4) is 0 Å². The van der Waals surface area contributed by atoms with E-state index in [1.165, 1.54) is 0 Å². The molecule has 2 rings (SSSR count). The Morgan fingerprint density at radius 1 is 1.32 bits per heavy atom. The first-order chi connectivity index (χ1) is 10.4. The van der Waals surface area contributed by atoms with Crippen LogP contribution in [0, 0.1) is 5.92 Å². The Kier molecular flexibility index (Phi) is 4.92. The Bertz CT molecular complexity index is 571. The number of benzene rings is 1. The number of hydrogen-bond donors (Lipinski definition) is 1. The molecule has 1 N–H and O–H groups in total. The SMILES string of the molecule is CC(C)CC(=O)N(O)[C@@H]1CC(=O)N(Cc2ccccc2)C1=O. The molecule has 1 atom stereocenters. The van der Waals surface area contributed by atoms with Crippen molar-refractivity contribution >= 4 is 17.7 Å². The zero-order valence-electron chi connectivity index (χ0n) is 12.7. The van der Waals surface area contributed by atoms with Crippen LogP contribution in [0.1, 0.15) is 32.3 Å². The van der Waals surface area contributed by atoms with E-state index < -0.39 is 17.9 Å². The maximum Gasteiger partial charge on any atom is 0.255 e. The minimum absolute atomic E-state index is 0.0646. The summed E-state index contributed by atoms with van der Waals surface area (Å²) in [6, 6.07) is 8.01. The van der Waals surface area contributed by atoms with Gasteiger partial charge in [0.2, 0.25) is 11.8 Å². The van der Waals surface area contributed by atoms with Gasteiger partial charge >= 0.3 is 0 Å². The second-order valence-electron chi connectivity index (χ2n) is 5.86. The van der Waals surface area contributed by atoms with Crippen LogP contribution < -0.4 is 0 Å². The molecule has 22 heavy (non-hydrogen) atoms. The third-order valence-corrected chi connectivity index (χ3v) is 3.54. The van der Waals surface area contributed by atoms with Crippen molar-refractivity contribution in [1.29, 1.82) is 0 Å². The highest BCUT2D eigenvalue weighted by Crippen LogP contribution is 2.21. The maximum absolute atomic E-state index is 12.3. The van der Waals surface area contributed by atoms with Crippen molar-refractivity contribution in [3.05, 3.63) is 35.9 Å². The maximum atomic E-state index is 12.3. The highest BCUT2D eigenvalue weighted by molar-refractivity contribution is 6.06. The van der Waals surface area contributed by atoms with Crippen LogP contribution in [0.2, 0.25) is 0 Å². The third-order valence-electron chi connectivity index (χ3n) is 3.54. The Morgan fingerprint density at radius 2 is 1.95 bits per heavy atom. The molecule has 6 heteroatoms. The number of nitrogens with zero attached hydrogens (tertiary/aromatic N) is 2. The molecule has 0 aromatic heterocycles. The van der Waals surface area contributed by atoms with Gasteiger partial charge in [0.25, 0.3) is 5.91 Å². The molecule has 0 saturated carbocycles. The van der Waals surface area contributed by atoms with Crippen LogP contribution >= 0.6 is 0 Å². The predicted molar refractivity (Wildman–Crippen MR) is 78.5 cm³/mol. The third kappa shape index (κ3) is 3.51. The zero-order valence-corrected chi connectivity index (χ0v) is 12.7. The smallest absolute Gasteiger partial charge is 0.255 e. The zero-order chi connectivity index (χ0) is 16.3. The van der Waals surface area contributed by atoms with Crippen molar-refractivity contribution < 1.29 is 19.6 Å². The molecular formula is C16H20N2O4. The Balaban J connectivity index is 2.06. The molecule has 0 radical (unpaired) electrons. The first-order valence-electron chi connectivity index (χ1n) is 7.29. The molecule has 0 unspecified atom stereocenters. The molecule has 1 aromatic rings. The lowest BCUT2D eigenvalue weighted by atomic mass is 10.1.